The van der Waals surface area contributed by atoms with Crippen LogP contribution in [0.3, 0.4) is 0 Å². The Labute approximate surface area is 270 Å². The van der Waals surface area contributed by atoms with Crippen LogP contribution in [-0.2, 0) is 9.53 Å². The lowest BCUT2D eigenvalue weighted by molar-refractivity contribution is -0.121. The van der Waals surface area contributed by atoms with Gasteiger partial charge in [-0.15, -0.1) is 0 Å². The summed E-state index contributed by atoms with van der Waals surface area (Å²) in [6.07, 6.45) is 41.9. The summed E-state index contributed by atoms with van der Waals surface area (Å²) in [6, 6.07) is 0. The van der Waals surface area contributed by atoms with Crippen LogP contribution in [0.15, 0.2) is 0 Å². The van der Waals surface area contributed by atoms with E-state index in [1.165, 1.54) is 180 Å². The van der Waals surface area contributed by atoms with Gasteiger partial charge >= 0.3 is 0 Å². The fourth-order valence-corrected chi connectivity index (χ4v) is 6.01. The molecule has 0 aromatic heterocycles. The summed E-state index contributed by atoms with van der Waals surface area (Å²) in [7, 11) is 0. The van der Waals surface area contributed by atoms with Crippen molar-refractivity contribution in [1.29, 1.82) is 0 Å². The minimum atomic E-state index is -0.605. The third-order valence-electron chi connectivity index (χ3n) is 8.99. The fraction of sp³-hybridized carbons (Fsp3) is 0.974. The Morgan fingerprint density at radius 2 is 0.791 bits per heavy atom. The van der Waals surface area contributed by atoms with Crippen molar-refractivity contribution < 1.29 is 14.6 Å². The van der Waals surface area contributed by atoms with Crippen molar-refractivity contribution >= 4 is 5.91 Å². The highest BCUT2D eigenvalue weighted by Gasteiger charge is 2.07. The molecule has 43 heavy (non-hydrogen) atoms. The Hall–Kier alpha value is -0.610. The number of amides is 1. The molecule has 0 aromatic carbocycles. The average molecular weight is 610 g/mol. The van der Waals surface area contributed by atoms with Gasteiger partial charge in [-0.2, -0.15) is 0 Å². The van der Waals surface area contributed by atoms with E-state index in [4.69, 9.17) is 4.74 Å². The number of carbonyl (C=O) groups excluding carboxylic acids is 1. The summed E-state index contributed by atoms with van der Waals surface area (Å²) in [5.74, 6) is 0.0608. The minimum Gasteiger partial charge on any atom is -0.389 e. The molecule has 0 aliphatic rings. The highest BCUT2D eigenvalue weighted by Crippen LogP contribution is 2.15. The second-order valence-electron chi connectivity index (χ2n) is 13.5. The van der Waals surface area contributed by atoms with Crippen LogP contribution in [0.1, 0.15) is 219 Å². The number of carbonyl (C=O) groups is 1. The molecule has 4 nitrogen and oxygen atoms in total. The Bertz CT molecular complexity index is 527. The van der Waals surface area contributed by atoms with Crippen LogP contribution in [0.2, 0.25) is 0 Å². The molecule has 0 aromatic rings. The third kappa shape index (κ3) is 37.5. The number of nitrogens with one attached hydrogen (secondary N) is 1. The molecule has 0 saturated heterocycles. The van der Waals surface area contributed by atoms with Crippen molar-refractivity contribution in [3.05, 3.63) is 0 Å². The van der Waals surface area contributed by atoms with E-state index < -0.39 is 6.10 Å². The van der Waals surface area contributed by atoms with E-state index in [-0.39, 0.29) is 5.91 Å². The first-order valence-electron chi connectivity index (χ1n) is 19.7. The first-order valence-corrected chi connectivity index (χ1v) is 19.7. The van der Waals surface area contributed by atoms with Crippen LogP contribution in [0.25, 0.3) is 0 Å². The molecule has 1 unspecified atom stereocenters. The van der Waals surface area contributed by atoms with Crippen molar-refractivity contribution in [1.82, 2.24) is 5.32 Å². The maximum Gasteiger partial charge on any atom is 0.220 e. The second kappa shape index (κ2) is 37.6. The largest absolute Gasteiger partial charge is 0.389 e. The zero-order valence-corrected chi connectivity index (χ0v) is 29.6. The predicted octanol–water partition coefficient (Wildman–Crippen LogP) is 12.0. The number of ether oxygens (including phenoxy) is 1. The van der Waals surface area contributed by atoms with Crippen LogP contribution >= 0.6 is 0 Å². The number of aliphatic hydroxyl groups is 1. The quantitative estimate of drug-likeness (QED) is 0.0689. The van der Waals surface area contributed by atoms with Crippen LogP contribution in [0.4, 0.5) is 0 Å². The molecule has 0 fully saturated rings. The molecule has 0 bridgehead atoms. The predicted molar refractivity (Wildman–Crippen MR) is 189 cm³/mol. The third-order valence-corrected chi connectivity index (χ3v) is 8.99. The lowest BCUT2D eigenvalue weighted by atomic mass is 10.0. The van der Waals surface area contributed by atoms with E-state index >= 15 is 0 Å². The van der Waals surface area contributed by atoms with Crippen molar-refractivity contribution in [2.24, 2.45) is 0 Å². The molecular formula is C39H79NO3. The first kappa shape index (κ1) is 42.4. The molecule has 1 amide bonds. The van der Waals surface area contributed by atoms with Crippen molar-refractivity contribution in [3.8, 4) is 0 Å². The van der Waals surface area contributed by atoms with Gasteiger partial charge in [-0.1, -0.05) is 200 Å². The van der Waals surface area contributed by atoms with Gasteiger partial charge in [-0.3, -0.25) is 4.79 Å². The van der Waals surface area contributed by atoms with Gasteiger partial charge in [0, 0.05) is 19.6 Å². The van der Waals surface area contributed by atoms with Gasteiger partial charge in [-0.05, 0) is 12.8 Å². The van der Waals surface area contributed by atoms with Crippen LogP contribution < -0.4 is 5.32 Å². The smallest absolute Gasteiger partial charge is 0.220 e. The molecule has 0 aliphatic heterocycles. The molecule has 2 N–H and O–H groups in total. The summed E-state index contributed by atoms with van der Waals surface area (Å²) < 4.78 is 5.64. The average Bonchev–Trinajstić information content (AvgIpc) is 3.01. The maximum absolute atomic E-state index is 12.0. The highest BCUT2D eigenvalue weighted by atomic mass is 16.5. The lowest BCUT2D eigenvalue weighted by Crippen LogP contribution is -2.34. The van der Waals surface area contributed by atoms with Gasteiger partial charge in [0.1, 0.15) is 0 Å². The van der Waals surface area contributed by atoms with Crippen LogP contribution in [-0.4, -0.2) is 36.9 Å². The fourth-order valence-electron chi connectivity index (χ4n) is 6.01. The SMILES string of the molecule is CCCCCCCCCCCCCCCCCCCCOCC(O)CNC(=O)CCCCCCCCCCCCCCC. The zero-order valence-electron chi connectivity index (χ0n) is 29.6. The highest BCUT2D eigenvalue weighted by molar-refractivity contribution is 5.75. The molecule has 258 valence electrons. The van der Waals surface area contributed by atoms with Crippen molar-refractivity contribution in [2.45, 2.75) is 225 Å². The second-order valence-corrected chi connectivity index (χ2v) is 13.5. The number of unbranched alkanes of at least 4 members (excludes halogenated alkanes) is 29. The van der Waals surface area contributed by atoms with E-state index in [0.717, 1.165) is 19.3 Å². The molecule has 0 saturated carbocycles. The molecule has 4 heteroatoms. The van der Waals surface area contributed by atoms with Crippen molar-refractivity contribution in [3.63, 3.8) is 0 Å². The number of hydrogen-bond acceptors (Lipinski definition) is 3. The standard InChI is InChI=1S/C39H79NO3/c1-3-5-7-9-11-13-15-17-18-19-20-21-23-25-27-29-31-33-35-43-37-38(41)36-40-39(42)34-32-30-28-26-24-22-16-14-12-10-8-6-4-2/h38,41H,3-37H2,1-2H3,(H,40,42). The normalized spacial score (nSPS) is 12.2. The molecular weight excluding hydrogens is 530 g/mol. The molecule has 1 atom stereocenters. The van der Waals surface area contributed by atoms with Gasteiger partial charge < -0.3 is 15.2 Å². The Morgan fingerprint density at radius 3 is 1.14 bits per heavy atom. The maximum atomic E-state index is 12.0. The summed E-state index contributed by atoms with van der Waals surface area (Å²) >= 11 is 0. The van der Waals surface area contributed by atoms with Crippen LogP contribution in [0, 0.1) is 0 Å². The zero-order chi connectivity index (χ0) is 31.3. The Balaban J connectivity index is 3.24. The van der Waals surface area contributed by atoms with E-state index in [9.17, 15) is 9.90 Å². The summed E-state index contributed by atoms with van der Waals surface area (Å²) in [4.78, 5) is 12.0. The minimum absolute atomic E-state index is 0.0608. The Morgan fingerprint density at radius 1 is 0.488 bits per heavy atom. The van der Waals surface area contributed by atoms with E-state index in [1.807, 2.05) is 0 Å². The van der Waals surface area contributed by atoms with Crippen molar-refractivity contribution in [2.75, 3.05) is 19.8 Å². The van der Waals surface area contributed by atoms with E-state index in [2.05, 4.69) is 19.2 Å². The topological polar surface area (TPSA) is 58.6 Å². The number of rotatable bonds is 37. The van der Waals surface area contributed by atoms with E-state index in [0.29, 0.717) is 26.2 Å². The number of hydrogen-bond donors (Lipinski definition) is 2. The molecule has 0 spiro atoms. The Kier molecular flexibility index (Phi) is 37.0. The van der Waals surface area contributed by atoms with Crippen LogP contribution in [0.5, 0.6) is 0 Å². The van der Waals surface area contributed by atoms with Gasteiger partial charge in [0.2, 0.25) is 5.91 Å². The van der Waals surface area contributed by atoms with Gasteiger partial charge in [0.15, 0.2) is 0 Å². The number of aliphatic hydroxyl groups excluding tert-OH is 1. The lowest BCUT2D eigenvalue weighted by Gasteiger charge is -2.12. The van der Waals surface area contributed by atoms with Gasteiger partial charge in [-0.25, -0.2) is 0 Å². The molecule has 0 rings (SSSR count). The molecule has 0 heterocycles. The molecule has 0 radical (unpaired) electrons. The molecule has 0 aliphatic carbocycles. The summed E-state index contributed by atoms with van der Waals surface area (Å²) in [6.45, 7) is 5.90. The monoisotopic (exact) mass is 610 g/mol. The first-order chi connectivity index (χ1) is 21.2. The van der Waals surface area contributed by atoms with E-state index in [1.54, 1.807) is 0 Å². The summed E-state index contributed by atoms with van der Waals surface area (Å²) in [5, 5.41) is 13.0. The van der Waals surface area contributed by atoms with Gasteiger partial charge in [0.25, 0.3) is 0 Å². The van der Waals surface area contributed by atoms with Gasteiger partial charge in [0.05, 0.1) is 12.7 Å². The summed E-state index contributed by atoms with van der Waals surface area (Å²) in [5.41, 5.74) is 0.